The number of carbonyl (C=O) groups is 3. The van der Waals surface area contributed by atoms with Gasteiger partial charge in [-0.3, -0.25) is 14.4 Å². The maximum atomic E-state index is 13.0. The standard InChI is InChI=1S/C23H22N4O4/c1-31-16-5-7-19-14(11-16)8-10-26(19)13-21(28)24-15-4-6-18-17(12-15)23(30)27-9-2-3-20(27)22(29)25-18/h4-8,10-12,20H,2-3,9,13H2,1H3,(H,24,28)(H,25,29). The molecule has 8 heteroatoms. The average Bonchev–Trinajstić information content (AvgIpc) is 3.39. The molecule has 1 unspecified atom stereocenters. The van der Waals surface area contributed by atoms with Gasteiger partial charge in [-0.25, -0.2) is 0 Å². The number of rotatable bonds is 4. The van der Waals surface area contributed by atoms with Gasteiger partial charge in [0.15, 0.2) is 0 Å². The molecule has 1 aromatic heterocycles. The summed E-state index contributed by atoms with van der Waals surface area (Å²) in [4.78, 5) is 39.7. The lowest BCUT2D eigenvalue weighted by Crippen LogP contribution is -2.40. The summed E-state index contributed by atoms with van der Waals surface area (Å²) in [6.07, 6.45) is 3.34. The van der Waals surface area contributed by atoms with E-state index in [4.69, 9.17) is 4.74 Å². The molecule has 3 aromatic rings. The molecule has 2 N–H and O–H groups in total. The van der Waals surface area contributed by atoms with Gasteiger partial charge < -0.3 is 24.8 Å². The van der Waals surface area contributed by atoms with Gasteiger partial charge in [-0.05, 0) is 55.3 Å². The minimum Gasteiger partial charge on any atom is -0.497 e. The van der Waals surface area contributed by atoms with Crippen molar-refractivity contribution in [1.29, 1.82) is 0 Å². The molecule has 1 saturated heterocycles. The van der Waals surface area contributed by atoms with Crippen molar-refractivity contribution in [2.75, 3.05) is 24.3 Å². The van der Waals surface area contributed by atoms with E-state index in [9.17, 15) is 14.4 Å². The zero-order valence-corrected chi connectivity index (χ0v) is 17.1. The van der Waals surface area contributed by atoms with E-state index in [1.807, 2.05) is 35.0 Å². The number of carbonyl (C=O) groups excluding carboxylic acids is 3. The smallest absolute Gasteiger partial charge is 0.256 e. The van der Waals surface area contributed by atoms with Crippen LogP contribution in [0.4, 0.5) is 11.4 Å². The number of fused-ring (bicyclic) bond motifs is 3. The number of ether oxygens (including phenoxy) is 1. The van der Waals surface area contributed by atoms with Crippen LogP contribution < -0.4 is 15.4 Å². The molecule has 3 heterocycles. The van der Waals surface area contributed by atoms with Gasteiger partial charge in [0.2, 0.25) is 11.8 Å². The highest BCUT2D eigenvalue weighted by Crippen LogP contribution is 2.30. The van der Waals surface area contributed by atoms with Crippen LogP contribution in [0.3, 0.4) is 0 Å². The van der Waals surface area contributed by atoms with E-state index < -0.39 is 6.04 Å². The van der Waals surface area contributed by atoms with Crippen molar-refractivity contribution in [2.45, 2.75) is 25.4 Å². The number of amides is 3. The fourth-order valence-electron chi connectivity index (χ4n) is 4.36. The first-order valence-electron chi connectivity index (χ1n) is 10.2. The topological polar surface area (TPSA) is 92.7 Å². The van der Waals surface area contributed by atoms with E-state index in [0.29, 0.717) is 29.9 Å². The number of hydrogen-bond donors (Lipinski definition) is 2. The molecule has 1 atom stereocenters. The second-order valence-corrected chi connectivity index (χ2v) is 7.82. The molecule has 5 rings (SSSR count). The fourth-order valence-corrected chi connectivity index (χ4v) is 4.36. The van der Waals surface area contributed by atoms with Crippen molar-refractivity contribution in [2.24, 2.45) is 0 Å². The lowest BCUT2D eigenvalue weighted by Gasteiger charge is -2.20. The molecule has 0 radical (unpaired) electrons. The van der Waals surface area contributed by atoms with Crippen LogP contribution >= 0.6 is 0 Å². The van der Waals surface area contributed by atoms with Crippen LogP contribution in [0.15, 0.2) is 48.7 Å². The SMILES string of the molecule is COc1ccc2c(ccn2CC(=O)Nc2ccc3c(c2)C(=O)N2CCCC2C(=O)N3)c1. The van der Waals surface area contributed by atoms with Crippen molar-refractivity contribution in [3.63, 3.8) is 0 Å². The zero-order valence-electron chi connectivity index (χ0n) is 17.1. The molecule has 0 aliphatic carbocycles. The predicted molar refractivity (Wildman–Crippen MR) is 116 cm³/mol. The third-order valence-electron chi connectivity index (χ3n) is 5.90. The number of anilines is 2. The number of aromatic nitrogens is 1. The number of methoxy groups -OCH3 is 1. The van der Waals surface area contributed by atoms with Crippen molar-refractivity contribution in [3.8, 4) is 5.75 Å². The molecule has 3 amide bonds. The Morgan fingerprint density at radius 3 is 2.90 bits per heavy atom. The second-order valence-electron chi connectivity index (χ2n) is 7.82. The summed E-state index contributed by atoms with van der Waals surface area (Å²) < 4.78 is 7.10. The first-order chi connectivity index (χ1) is 15.0. The van der Waals surface area contributed by atoms with Gasteiger partial charge in [0, 0.05) is 29.3 Å². The zero-order chi connectivity index (χ0) is 21.5. The molecule has 158 valence electrons. The van der Waals surface area contributed by atoms with Crippen LogP contribution in [-0.2, 0) is 16.1 Å². The van der Waals surface area contributed by atoms with Crippen molar-refractivity contribution < 1.29 is 19.1 Å². The molecule has 0 bridgehead atoms. The van der Waals surface area contributed by atoms with E-state index in [1.165, 1.54) is 0 Å². The van der Waals surface area contributed by atoms with Crippen molar-refractivity contribution in [1.82, 2.24) is 9.47 Å². The summed E-state index contributed by atoms with van der Waals surface area (Å²) in [6, 6.07) is 12.2. The van der Waals surface area contributed by atoms with Gasteiger partial charge in [-0.15, -0.1) is 0 Å². The Balaban J connectivity index is 1.35. The number of nitrogens with one attached hydrogen (secondary N) is 2. The van der Waals surface area contributed by atoms with Crippen LogP contribution in [0.5, 0.6) is 5.75 Å². The molecule has 2 aliphatic rings. The van der Waals surface area contributed by atoms with Gasteiger partial charge in [0.05, 0.1) is 18.4 Å². The van der Waals surface area contributed by atoms with E-state index in [2.05, 4.69) is 10.6 Å². The highest BCUT2D eigenvalue weighted by atomic mass is 16.5. The maximum Gasteiger partial charge on any atom is 0.256 e. The summed E-state index contributed by atoms with van der Waals surface area (Å²) in [7, 11) is 1.62. The normalized spacial score (nSPS) is 17.7. The highest BCUT2D eigenvalue weighted by molar-refractivity contribution is 6.11. The second kappa shape index (κ2) is 7.46. The van der Waals surface area contributed by atoms with Crippen LogP contribution in [0.1, 0.15) is 23.2 Å². The van der Waals surface area contributed by atoms with E-state index in [0.717, 1.165) is 23.1 Å². The van der Waals surface area contributed by atoms with E-state index >= 15 is 0 Å². The Kier molecular flexibility index (Phi) is 4.62. The van der Waals surface area contributed by atoms with Gasteiger partial charge >= 0.3 is 0 Å². The van der Waals surface area contributed by atoms with Crippen molar-refractivity contribution >= 4 is 40.0 Å². The Labute approximate surface area is 178 Å². The average molecular weight is 418 g/mol. The predicted octanol–water partition coefficient (Wildman–Crippen LogP) is 2.85. The third kappa shape index (κ3) is 3.39. The Morgan fingerprint density at radius 1 is 1.19 bits per heavy atom. The highest BCUT2D eigenvalue weighted by Gasteiger charge is 2.38. The minimum atomic E-state index is -0.418. The molecule has 2 aromatic carbocycles. The largest absolute Gasteiger partial charge is 0.497 e. The summed E-state index contributed by atoms with van der Waals surface area (Å²) in [6.45, 7) is 0.699. The summed E-state index contributed by atoms with van der Waals surface area (Å²) in [5.74, 6) is 0.212. The number of hydrogen-bond acceptors (Lipinski definition) is 4. The summed E-state index contributed by atoms with van der Waals surface area (Å²) in [5, 5.41) is 6.69. The minimum absolute atomic E-state index is 0.131. The number of benzene rings is 2. The van der Waals surface area contributed by atoms with Gasteiger partial charge in [0.25, 0.3) is 5.91 Å². The molecule has 8 nitrogen and oxygen atoms in total. The molecule has 0 saturated carbocycles. The Hall–Kier alpha value is -3.81. The lowest BCUT2D eigenvalue weighted by atomic mass is 10.1. The lowest BCUT2D eigenvalue weighted by molar-refractivity contribution is -0.119. The summed E-state index contributed by atoms with van der Waals surface area (Å²) >= 11 is 0. The monoisotopic (exact) mass is 418 g/mol. The maximum absolute atomic E-state index is 13.0. The summed E-state index contributed by atoms with van der Waals surface area (Å²) in [5.41, 5.74) is 2.32. The molecule has 1 fully saturated rings. The quantitative estimate of drug-likeness (QED) is 0.682. The van der Waals surface area contributed by atoms with Crippen LogP contribution in [0.25, 0.3) is 10.9 Å². The van der Waals surface area contributed by atoms with Gasteiger partial charge in [-0.1, -0.05) is 0 Å². The van der Waals surface area contributed by atoms with Crippen molar-refractivity contribution in [3.05, 3.63) is 54.2 Å². The van der Waals surface area contributed by atoms with Crippen LogP contribution in [0.2, 0.25) is 0 Å². The van der Waals surface area contributed by atoms with Crippen LogP contribution in [-0.4, -0.2) is 46.9 Å². The first kappa shape index (κ1) is 19.2. The van der Waals surface area contributed by atoms with E-state index in [-0.39, 0.29) is 24.3 Å². The Morgan fingerprint density at radius 2 is 2.06 bits per heavy atom. The molecule has 0 spiro atoms. The fraction of sp³-hybridized carbons (Fsp3) is 0.261. The van der Waals surface area contributed by atoms with Gasteiger partial charge in [0.1, 0.15) is 18.3 Å². The van der Waals surface area contributed by atoms with E-state index in [1.54, 1.807) is 30.2 Å². The Bertz CT molecular complexity index is 1220. The molecule has 31 heavy (non-hydrogen) atoms. The third-order valence-corrected chi connectivity index (χ3v) is 5.90. The molecular formula is C23H22N4O4. The molecular weight excluding hydrogens is 396 g/mol. The first-order valence-corrected chi connectivity index (χ1v) is 10.2. The van der Waals surface area contributed by atoms with Gasteiger partial charge in [-0.2, -0.15) is 0 Å². The van der Waals surface area contributed by atoms with Crippen LogP contribution in [0, 0.1) is 0 Å². The molecule has 2 aliphatic heterocycles. The number of nitrogens with zero attached hydrogens (tertiary/aromatic N) is 2.